The number of unbranched alkanes of at least 4 members (excludes halogenated alkanes) is 1. The Balaban J connectivity index is 1.37. The Morgan fingerprint density at radius 2 is 1.58 bits per heavy atom. The molecule has 7 heteroatoms. The molecule has 0 aromatic heterocycles. The second-order valence-corrected chi connectivity index (χ2v) is 7.98. The number of carbonyl (C=O) groups excluding carboxylic acids is 2. The molecule has 0 saturated carbocycles. The van der Waals surface area contributed by atoms with Gasteiger partial charge in [-0.15, -0.1) is 0 Å². The van der Waals surface area contributed by atoms with E-state index in [0.29, 0.717) is 25.4 Å². The fraction of sp³-hybridized carbons (Fsp3) is 0.417. The maximum absolute atomic E-state index is 13.2. The summed E-state index contributed by atoms with van der Waals surface area (Å²) in [7, 11) is 0. The van der Waals surface area contributed by atoms with Crippen LogP contribution in [-0.2, 0) is 9.59 Å². The van der Waals surface area contributed by atoms with Crippen LogP contribution >= 0.6 is 0 Å². The van der Waals surface area contributed by atoms with Crippen molar-refractivity contribution >= 4 is 23.2 Å². The Bertz CT molecular complexity index is 909. The van der Waals surface area contributed by atoms with Gasteiger partial charge in [0.25, 0.3) is 5.91 Å². The lowest BCUT2D eigenvalue weighted by Gasteiger charge is -2.38. The molecule has 0 aliphatic carbocycles. The van der Waals surface area contributed by atoms with E-state index in [1.807, 2.05) is 0 Å². The molecule has 6 nitrogen and oxygen atoms in total. The molecule has 0 unspecified atom stereocenters. The van der Waals surface area contributed by atoms with Crippen molar-refractivity contribution in [3.8, 4) is 5.75 Å². The maximum Gasteiger partial charge on any atom is 0.251 e. The van der Waals surface area contributed by atoms with Crippen LogP contribution in [0.1, 0.15) is 26.2 Å². The second-order valence-electron chi connectivity index (χ2n) is 7.98. The molecule has 31 heavy (non-hydrogen) atoms. The standard InChI is InChI=1S/C24H28FN3O3/c1-2-3-16-31-21-10-8-20(9-11-21)28-23(29)17-22(24(28)30)27-14-12-26(13-15-27)19-6-4-18(25)5-7-19/h4-11,22H,2-3,12-17H2,1H3/t22-/m1/s1. The number of hydrogen-bond acceptors (Lipinski definition) is 5. The second kappa shape index (κ2) is 9.47. The van der Waals surface area contributed by atoms with Crippen LogP contribution in [0.3, 0.4) is 0 Å². The van der Waals surface area contributed by atoms with Gasteiger partial charge in [-0.1, -0.05) is 13.3 Å². The minimum atomic E-state index is -0.427. The first-order chi connectivity index (χ1) is 15.1. The van der Waals surface area contributed by atoms with Crippen molar-refractivity contribution in [2.45, 2.75) is 32.2 Å². The third-order valence-corrected chi connectivity index (χ3v) is 5.93. The van der Waals surface area contributed by atoms with E-state index in [9.17, 15) is 14.0 Å². The Kier molecular flexibility index (Phi) is 6.51. The summed E-state index contributed by atoms with van der Waals surface area (Å²) >= 11 is 0. The summed E-state index contributed by atoms with van der Waals surface area (Å²) in [5.74, 6) is 0.151. The average Bonchev–Trinajstić information content (AvgIpc) is 3.09. The van der Waals surface area contributed by atoms with Crippen LogP contribution in [0.15, 0.2) is 48.5 Å². The lowest BCUT2D eigenvalue weighted by atomic mass is 10.1. The molecule has 164 valence electrons. The lowest BCUT2D eigenvalue weighted by molar-refractivity contribution is -0.123. The molecule has 0 spiro atoms. The number of anilines is 2. The van der Waals surface area contributed by atoms with Gasteiger partial charge in [-0.3, -0.25) is 14.5 Å². The van der Waals surface area contributed by atoms with Gasteiger partial charge in [0.2, 0.25) is 5.91 Å². The van der Waals surface area contributed by atoms with Gasteiger partial charge in [-0.25, -0.2) is 9.29 Å². The van der Waals surface area contributed by atoms with Crippen LogP contribution in [0.25, 0.3) is 0 Å². The number of hydrogen-bond donors (Lipinski definition) is 0. The number of imide groups is 1. The highest BCUT2D eigenvalue weighted by Crippen LogP contribution is 2.28. The topological polar surface area (TPSA) is 53.1 Å². The van der Waals surface area contributed by atoms with Gasteiger partial charge >= 0.3 is 0 Å². The Morgan fingerprint density at radius 3 is 2.23 bits per heavy atom. The van der Waals surface area contributed by atoms with Gasteiger partial charge in [0.1, 0.15) is 11.6 Å². The molecule has 2 aliphatic heterocycles. The van der Waals surface area contributed by atoms with E-state index in [4.69, 9.17) is 4.74 Å². The van der Waals surface area contributed by atoms with Crippen LogP contribution in [0.5, 0.6) is 5.75 Å². The smallest absolute Gasteiger partial charge is 0.251 e. The molecule has 2 aromatic rings. The van der Waals surface area contributed by atoms with Gasteiger partial charge in [-0.2, -0.15) is 0 Å². The summed E-state index contributed by atoms with van der Waals surface area (Å²) in [5, 5.41) is 0. The van der Waals surface area contributed by atoms with E-state index in [-0.39, 0.29) is 24.1 Å². The average molecular weight is 426 g/mol. The first-order valence-electron chi connectivity index (χ1n) is 10.9. The quantitative estimate of drug-likeness (QED) is 0.502. The summed E-state index contributed by atoms with van der Waals surface area (Å²) in [5.41, 5.74) is 1.56. The number of rotatable bonds is 7. The van der Waals surface area contributed by atoms with Crippen LogP contribution in [-0.4, -0.2) is 55.5 Å². The molecule has 2 aromatic carbocycles. The van der Waals surface area contributed by atoms with Crippen LogP contribution < -0.4 is 14.5 Å². The molecule has 2 aliphatic rings. The maximum atomic E-state index is 13.2. The molecule has 0 bridgehead atoms. The molecule has 0 N–H and O–H groups in total. The SMILES string of the molecule is CCCCOc1ccc(N2C(=O)C[C@@H](N3CCN(c4ccc(F)cc4)CC3)C2=O)cc1. The van der Waals surface area contributed by atoms with Crippen molar-refractivity contribution in [2.75, 3.05) is 42.6 Å². The summed E-state index contributed by atoms with van der Waals surface area (Å²) in [4.78, 5) is 31.3. The molecule has 4 rings (SSSR count). The number of amides is 2. The summed E-state index contributed by atoms with van der Waals surface area (Å²) < 4.78 is 18.8. The van der Waals surface area contributed by atoms with Crippen molar-refractivity contribution in [3.63, 3.8) is 0 Å². The third kappa shape index (κ3) is 4.71. The van der Waals surface area contributed by atoms with Gasteiger partial charge in [0.05, 0.1) is 24.8 Å². The molecular formula is C24H28FN3O3. The molecule has 2 heterocycles. The molecule has 2 saturated heterocycles. The highest BCUT2D eigenvalue weighted by Gasteiger charge is 2.43. The van der Waals surface area contributed by atoms with Crippen molar-refractivity contribution in [2.24, 2.45) is 0 Å². The minimum Gasteiger partial charge on any atom is -0.494 e. The van der Waals surface area contributed by atoms with Gasteiger partial charge in [-0.05, 0) is 55.0 Å². The molecular weight excluding hydrogens is 397 g/mol. The first kappa shape index (κ1) is 21.3. The zero-order valence-corrected chi connectivity index (χ0v) is 17.8. The molecule has 1 atom stereocenters. The zero-order chi connectivity index (χ0) is 21.8. The fourth-order valence-electron chi connectivity index (χ4n) is 4.14. The van der Waals surface area contributed by atoms with Crippen molar-refractivity contribution in [1.29, 1.82) is 0 Å². The number of ether oxygens (including phenoxy) is 1. The molecule has 0 radical (unpaired) electrons. The van der Waals surface area contributed by atoms with E-state index in [1.165, 1.54) is 17.0 Å². The normalized spacial score (nSPS) is 19.9. The van der Waals surface area contributed by atoms with Crippen molar-refractivity contribution in [1.82, 2.24) is 4.90 Å². The zero-order valence-electron chi connectivity index (χ0n) is 17.8. The predicted octanol–water partition coefficient (Wildman–Crippen LogP) is 3.46. The first-order valence-corrected chi connectivity index (χ1v) is 10.9. The van der Waals surface area contributed by atoms with Crippen LogP contribution in [0, 0.1) is 5.82 Å². The van der Waals surface area contributed by atoms with Crippen molar-refractivity contribution in [3.05, 3.63) is 54.3 Å². The van der Waals surface area contributed by atoms with E-state index < -0.39 is 6.04 Å². The molecule has 2 fully saturated rings. The minimum absolute atomic E-state index is 0.167. The Morgan fingerprint density at radius 1 is 0.935 bits per heavy atom. The Labute approximate surface area is 182 Å². The van der Waals surface area contributed by atoms with E-state index in [1.54, 1.807) is 36.4 Å². The van der Waals surface area contributed by atoms with E-state index in [2.05, 4.69) is 16.7 Å². The van der Waals surface area contributed by atoms with Crippen molar-refractivity contribution < 1.29 is 18.7 Å². The Hall–Kier alpha value is -2.93. The third-order valence-electron chi connectivity index (χ3n) is 5.93. The van der Waals surface area contributed by atoms with Crippen LogP contribution in [0.4, 0.5) is 15.8 Å². The van der Waals surface area contributed by atoms with Gasteiger partial charge in [0, 0.05) is 31.9 Å². The monoisotopic (exact) mass is 425 g/mol. The summed E-state index contributed by atoms with van der Waals surface area (Å²) in [6, 6.07) is 13.2. The number of halogens is 1. The predicted molar refractivity (Wildman–Crippen MR) is 118 cm³/mol. The summed E-state index contributed by atoms with van der Waals surface area (Å²) in [6.07, 6.45) is 2.25. The fourth-order valence-corrected chi connectivity index (χ4v) is 4.14. The number of benzene rings is 2. The number of carbonyl (C=O) groups is 2. The van der Waals surface area contributed by atoms with Crippen LogP contribution in [0.2, 0.25) is 0 Å². The summed E-state index contributed by atoms with van der Waals surface area (Å²) in [6.45, 7) is 5.58. The molecule has 2 amide bonds. The highest BCUT2D eigenvalue weighted by atomic mass is 19.1. The van der Waals surface area contributed by atoms with E-state index in [0.717, 1.165) is 37.4 Å². The van der Waals surface area contributed by atoms with Gasteiger partial charge < -0.3 is 9.64 Å². The van der Waals surface area contributed by atoms with Gasteiger partial charge in [0.15, 0.2) is 0 Å². The highest BCUT2D eigenvalue weighted by molar-refractivity contribution is 6.22. The number of nitrogens with zero attached hydrogens (tertiary/aromatic N) is 3. The largest absolute Gasteiger partial charge is 0.494 e. The number of piperazine rings is 1. The van der Waals surface area contributed by atoms with E-state index >= 15 is 0 Å². The lowest BCUT2D eigenvalue weighted by Crippen LogP contribution is -2.52.